The minimum atomic E-state index is -0.721. The van der Waals surface area contributed by atoms with Crippen molar-refractivity contribution in [3.8, 4) is 11.5 Å². The molecule has 5 nitrogen and oxygen atoms in total. The molecule has 1 fully saturated rings. The number of piperidine rings is 1. The SMILES string of the molecule is COc1ccc(OC)c(C(c2ccccc2C)N2CCCC(C(=O)O)C2)c1. The molecule has 3 rings (SSSR count). The molecule has 1 heterocycles. The van der Waals surface area contributed by atoms with Gasteiger partial charge < -0.3 is 14.6 Å². The third-order valence-electron chi connectivity index (χ3n) is 5.38. The average molecular weight is 369 g/mol. The zero-order chi connectivity index (χ0) is 19.4. The number of methoxy groups -OCH3 is 2. The Morgan fingerprint density at radius 2 is 1.93 bits per heavy atom. The topological polar surface area (TPSA) is 59.0 Å². The average Bonchev–Trinajstić information content (AvgIpc) is 2.69. The highest BCUT2D eigenvalue weighted by molar-refractivity contribution is 5.70. The Bertz CT molecular complexity index is 805. The molecule has 2 unspecified atom stereocenters. The lowest BCUT2D eigenvalue weighted by Gasteiger charge is -2.38. The summed E-state index contributed by atoms with van der Waals surface area (Å²) in [7, 11) is 3.31. The third kappa shape index (κ3) is 4.08. The molecule has 0 bridgehead atoms. The van der Waals surface area contributed by atoms with Crippen LogP contribution in [0.25, 0.3) is 0 Å². The maximum absolute atomic E-state index is 11.6. The number of aryl methyl sites for hydroxylation is 1. The van der Waals surface area contributed by atoms with Gasteiger partial charge in [-0.05, 0) is 55.6 Å². The summed E-state index contributed by atoms with van der Waals surface area (Å²) < 4.78 is 11.1. The van der Waals surface area contributed by atoms with Crippen molar-refractivity contribution in [2.45, 2.75) is 25.8 Å². The standard InChI is InChI=1S/C22H27NO4/c1-15-7-4-5-9-18(15)21(23-12-6-8-16(14-23)22(24)25)19-13-17(26-2)10-11-20(19)27-3/h4-5,7,9-11,13,16,21H,6,8,12,14H2,1-3H3,(H,24,25). The number of likely N-dealkylation sites (tertiary alicyclic amines) is 1. The van der Waals surface area contributed by atoms with Crippen molar-refractivity contribution in [3.63, 3.8) is 0 Å². The number of benzene rings is 2. The van der Waals surface area contributed by atoms with Crippen LogP contribution < -0.4 is 9.47 Å². The fraction of sp³-hybridized carbons (Fsp3) is 0.409. The highest BCUT2D eigenvalue weighted by atomic mass is 16.5. The second-order valence-corrected chi connectivity index (χ2v) is 7.04. The van der Waals surface area contributed by atoms with Crippen molar-refractivity contribution in [1.29, 1.82) is 0 Å². The maximum Gasteiger partial charge on any atom is 0.307 e. The molecule has 144 valence electrons. The molecule has 2 aromatic rings. The first kappa shape index (κ1) is 19.2. The predicted molar refractivity (Wildman–Crippen MR) is 105 cm³/mol. The molecule has 5 heteroatoms. The van der Waals surface area contributed by atoms with E-state index < -0.39 is 5.97 Å². The van der Waals surface area contributed by atoms with Crippen LogP contribution in [0.15, 0.2) is 42.5 Å². The molecule has 0 aliphatic carbocycles. The summed E-state index contributed by atoms with van der Waals surface area (Å²) >= 11 is 0. The van der Waals surface area contributed by atoms with Crippen LogP contribution >= 0.6 is 0 Å². The lowest BCUT2D eigenvalue weighted by atomic mass is 9.89. The van der Waals surface area contributed by atoms with Crippen LogP contribution in [0.5, 0.6) is 11.5 Å². The van der Waals surface area contributed by atoms with Gasteiger partial charge in [-0.25, -0.2) is 0 Å². The first-order valence-electron chi connectivity index (χ1n) is 9.29. The van der Waals surface area contributed by atoms with E-state index in [1.165, 1.54) is 5.56 Å². The molecule has 0 spiro atoms. The smallest absolute Gasteiger partial charge is 0.307 e. The van der Waals surface area contributed by atoms with Crippen molar-refractivity contribution in [3.05, 3.63) is 59.2 Å². The van der Waals surface area contributed by atoms with Gasteiger partial charge in [0.1, 0.15) is 11.5 Å². The van der Waals surface area contributed by atoms with Gasteiger partial charge in [-0.3, -0.25) is 9.69 Å². The molecular formula is C22H27NO4. The van der Waals surface area contributed by atoms with Crippen LogP contribution in [0.2, 0.25) is 0 Å². The van der Waals surface area contributed by atoms with E-state index in [0.29, 0.717) is 6.54 Å². The molecule has 2 atom stereocenters. The summed E-state index contributed by atoms with van der Waals surface area (Å²) in [6.45, 7) is 3.46. The molecule has 27 heavy (non-hydrogen) atoms. The normalized spacial score (nSPS) is 18.7. The van der Waals surface area contributed by atoms with Gasteiger partial charge in [0.25, 0.3) is 0 Å². The molecule has 0 radical (unpaired) electrons. The Morgan fingerprint density at radius 1 is 1.15 bits per heavy atom. The molecule has 1 aliphatic heterocycles. The van der Waals surface area contributed by atoms with Crippen LogP contribution in [0, 0.1) is 12.8 Å². The molecule has 0 saturated carbocycles. The number of rotatable bonds is 6. The third-order valence-corrected chi connectivity index (χ3v) is 5.38. The fourth-order valence-corrected chi connectivity index (χ4v) is 3.95. The molecular weight excluding hydrogens is 342 g/mol. The molecule has 0 amide bonds. The van der Waals surface area contributed by atoms with Crippen LogP contribution in [-0.4, -0.2) is 43.3 Å². The van der Waals surface area contributed by atoms with Gasteiger partial charge in [0.15, 0.2) is 0 Å². The molecule has 0 aromatic heterocycles. The van der Waals surface area contributed by atoms with E-state index in [1.54, 1.807) is 14.2 Å². The summed E-state index contributed by atoms with van der Waals surface area (Å²) in [6, 6.07) is 14.0. The monoisotopic (exact) mass is 369 g/mol. The van der Waals surface area contributed by atoms with Crippen molar-refractivity contribution in [1.82, 2.24) is 4.90 Å². The Hall–Kier alpha value is -2.53. The van der Waals surface area contributed by atoms with Crippen LogP contribution in [0.1, 0.15) is 35.6 Å². The van der Waals surface area contributed by atoms with Gasteiger partial charge in [0.05, 0.1) is 26.2 Å². The Balaban J connectivity index is 2.11. The Labute approximate surface area is 160 Å². The maximum atomic E-state index is 11.6. The summed E-state index contributed by atoms with van der Waals surface area (Å²) in [4.78, 5) is 13.9. The highest BCUT2D eigenvalue weighted by Crippen LogP contribution is 2.40. The number of carboxylic acid groups (broad SMARTS) is 1. The van der Waals surface area contributed by atoms with E-state index in [9.17, 15) is 9.90 Å². The zero-order valence-electron chi connectivity index (χ0n) is 16.1. The number of ether oxygens (including phenoxy) is 2. The van der Waals surface area contributed by atoms with Gasteiger partial charge in [0.2, 0.25) is 0 Å². The van der Waals surface area contributed by atoms with Crippen molar-refractivity contribution >= 4 is 5.97 Å². The quantitative estimate of drug-likeness (QED) is 0.837. The summed E-state index contributed by atoms with van der Waals surface area (Å²) in [5, 5.41) is 9.55. The minimum absolute atomic E-state index is 0.0848. The van der Waals surface area contributed by atoms with Crippen molar-refractivity contribution in [2.24, 2.45) is 5.92 Å². The number of aliphatic carboxylic acids is 1. The summed E-state index contributed by atoms with van der Waals surface area (Å²) in [5.74, 6) is 0.473. The second-order valence-electron chi connectivity index (χ2n) is 7.04. The Morgan fingerprint density at radius 3 is 2.59 bits per heavy atom. The number of nitrogens with zero attached hydrogens (tertiary/aromatic N) is 1. The van der Waals surface area contributed by atoms with Crippen LogP contribution in [0.4, 0.5) is 0 Å². The van der Waals surface area contributed by atoms with Gasteiger partial charge >= 0.3 is 5.97 Å². The van der Waals surface area contributed by atoms with Gasteiger partial charge in [-0.15, -0.1) is 0 Å². The fourth-order valence-electron chi connectivity index (χ4n) is 3.95. The van der Waals surface area contributed by atoms with E-state index >= 15 is 0 Å². The predicted octanol–water partition coefficient (Wildman–Crippen LogP) is 3.90. The second kappa shape index (κ2) is 8.44. The van der Waals surface area contributed by atoms with Crippen LogP contribution in [-0.2, 0) is 4.79 Å². The minimum Gasteiger partial charge on any atom is -0.497 e. The largest absolute Gasteiger partial charge is 0.497 e. The van der Waals surface area contributed by atoms with E-state index in [4.69, 9.17) is 9.47 Å². The van der Waals surface area contributed by atoms with Gasteiger partial charge in [-0.1, -0.05) is 24.3 Å². The summed E-state index contributed by atoms with van der Waals surface area (Å²) in [6.07, 6.45) is 1.59. The lowest BCUT2D eigenvalue weighted by Crippen LogP contribution is -2.41. The lowest BCUT2D eigenvalue weighted by molar-refractivity contribution is -0.143. The highest BCUT2D eigenvalue weighted by Gasteiger charge is 2.33. The van der Waals surface area contributed by atoms with E-state index in [2.05, 4.69) is 24.0 Å². The Kier molecular flexibility index (Phi) is 6.01. The number of hydrogen-bond donors (Lipinski definition) is 1. The molecule has 1 aliphatic rings. The first-order valence-corrected chi connectivity index (χ1v) is 9.29. The molecule has 1 N–H and O–H groups in total. The number of carboxylic acids is 1. The van der Waals surface area contributed by atoms with Crippen LogP contribution in [0.3, 0.4) is 0 Å². The van der Waals surface area contributed by atoms with Crippen molar-refractivity contribution in [2.75, 3.05) is 27.3 Å². The number of carbonyl (C=O) groups is 1. The van der Waals surface area contributed by atoms with E-state index in [-0.39, 0.29) is 12.0 Å². The van der Waals surface area contributed by atoms with Gasteiger partial charge in [0, 0.05) is 12.1 Å². The van der Waals surface area contributed by atoms with Crippen molar-refractivity contribution < 1.29 is 19.4 Å². The zero-order valence-corrected chi connectivity index (χ0v) is 16.1. The first-order chi connectivity index (χ1) is 13.0. The molecule has 2 aromatic carbocycles. The summed E-state index contributed by atoms with van der Waals surface area (Å²) in [5.41, 5.74) is 3.33. The van der Waals surface area contributed by atoms with E-state index in [0.717, 1.165) is 42.0 Å². The molecule has 1 saturated heterocycles. The number of hydrogen-bond acceptors (Lipinski definition) is 4. The van der Waals surface area contributed by atoms with Gasteiger partial charge in [-0.2, -0.15) is 0 Å². The van der Waals surface area contributed by atoms with E-state index in [1.807, 2.05) is 30.3 Å².